The number of nitrogens with zero attached hydrogens (tertiary/aromatic N) is 1. The Morgan fingerprint density at radius 1 is 1.40 bits per heavy atom. The summed E-state index contributed by atoms with van der Waals surface area (Å²) in [5, 5.41) is 12.8. The standard InChI is InChI=1S/C13H18N2O4S/c1-3-10-13(17)9-6-4-5-7-11(9)20(18,19)15(10)8-12(16)14-2/h4-7,10,13,17H,3,8H2,1-2H3,(H,14,16)/t10-,13-/m1/s1. The average molecular weight is 298 g/mol. The maximum Gasteiger partial charge on any atom is 0.244 e. The number of rotatable bonds is 3. The number of hydrogen-bond acceptors (Lipinski definition) is 4. The number of nitrogens with one attached hydrogen (secondary N) is 1. The van der Waals surface area contributed by atoms with Gasteiger partial charge in [0.05, 0.1) is 23.6 Å². The first-order valence-corrected chi connectivity index (χ1v) is 7.87. The van der Waals surface area contributed by atoms with Crippen molar-refractivity contribution >= 4 is 15.9 Å². The summed E-state index contributed by atoms with van der Waals surface area (Å²) in [6.45, 7) is 1.50. The first-order valence-electron chi connectivity index (χ1n) is 6.43. The molecule has 1 aromatic carbocycles. The summed E-state index contributed by atoms with van der Waals surface area (Å²) in [7, 11) is -2.32. The van der Waals surface area contributed by atoms with E-state index in [9.17, 15) is 18.3 Å². The van der Waals surface area contributed by atoms with Gasteiger partial charge in [0.1, 0.15) is 0 Å². The number of hydrogen-bond donors (Lipinski definition) is 2. The van der Waals surface area contributed by atoms with Gasteiger partial charge in [0.2, 0.25) is 15.9 Å². The number of aliphatic hydroxyl groups excluding tert-OH is 1. The lowest BCUT2D eigenvalue weighted by Crippen LogP contribution is -2.51. The highest BCUT2D eigenvalue weighted by molar-refractivity contribution is 7.89. The number of likely N-dealkylation sites (N-methyl/N-ethyl adjacent to an activating group) is 1. The molecule has 0 spiro atoms. The van der Waals surface area contributed by atoms with E-state index >= 15 is 0 Å². The van der Waals surface area contributed by atoms with Crippen molar-refractivity contribution in [2.75, 3.05) is 13.6 Å². The molecule has 0 radical (unpaired) electrons. The molecule has 0 unspecified atom stereocenters. The molecule has 2 atom stereocenters. The second-order valence-corrected chi connectivity index (χ2v) is 6.54. The molecule has 0 aromatic heterocycles. The van der Waals surface area contributed by atoms with Crippen LogP contribution in [0.2, 0.25) is 0 Å². The van der Waals surface area contributed by atoms with Crippen LogP contribution in [-0.4, -0.2) is 43.4 Å². The van der Waals surface area contributed by atoms with Crippen molar-refractivity contribution in [2.45, 2.75) is 30.4 Å². The van der Waals surface area contributed by atoms with E-state index in [0.717, 1.165) is 4.31 Å². The van der Waals surface area contributed by atoms with Crippen LogP contribution in [0.1, 0.15) is 25.0 Å². The van der Waals surface area contributed by atoms with Gasteiger partial charge in [-0.25, -0.2) is 8.42 Å². The highest BCUT2D eigenvalue weighted by Gasteiger charge is 2.43. The van der Waals surface area contributed by atoms with Gasteiger partial charge in [-0.15, -0.1) is 0 Å². The fourth-order valence-electron chi connectivity index (χ4n) is 2.48. The summed E-state index contributed by atoms with van der Waals surface area (Å²) in [5.41, 5.74) is 0.396. The van der Waals surface area contributed by atoms with E-state index in [1.807, 2.05) is 0 Å². The summed E-state index contributed by atoms with van der Waals surface area (Å²) in [6, 6.07) is 5.73. The van der Waals surface area contributed by atoms with Gasteiger partial charge in [-0.2, -0.15) is 4.31 Å². The first-order chi connectivity index (χ1) is 9.43. The van der Waals surface area contributed by atoms with E-state index < -0.39 is 28.1 Å². The molecule has 0 bridgehead atoms. The predicted molar refractivity (Wildman–Crippen MR) is 73.4 cm³/mol. The van der Waals surface area contributed by atoms with Crippen LogP contribution >= 0.6 is 0 Å². The van der Waals surface area contributed by atoms with Crippen molar-refractivity contribution in [1.82, 2.24) is 9.62 Å². The van der Waals surface area contributed by atoms with Crippen LogP contribution in [0.15, 0.2) is 29.2 Å². The average Bonchev–Trinajstić information content (AvgIpc) is 2.45. The zero-order valence-electron chi connectivity index (χ0n) is 11.4. The van der Waals surface area contributed by atoms with Crippen LogP contribution in [0.3, 0.4) is 0 Å². The van der Waals surface area contributed by atoms with Crippen LogP contribution in [-0.2, 0) is 14.8 Å². The summed E-state index contributed by atoms with van der Waals surface area (Å²) in [4.78, 5) is 11.6. The fourth-order valence-corrected chi connectivity index (χ4v) is 4.38. The Morgan fingerprint density at radius 2 is 2.05 bits per heavy atom. The second kappa shape index (κ2) is 5.51. The van der Waals surface area contributed by atoms with Crippen LogP contribution < -0.4 is 5.32 Å². The maximum atomic E-state index is 12.6. The van der Waals surface area contributed by atoms with Gasteiger partial charge in [0.25, 0.3) is 0 Å². The largest absolute Gasteiger partial charge is 0.387 e. The summed E-state index contributed by atoms with van der Waals surface area (Å²) in [5.74, 6) is -0.404. The second-order valence-electron chi connectivity index (χ2n) is 4.68. The monoisotopic (exact) mass is 298 g/mol. The minimum atomic E-state index is -3.77. The molecular formula is C13H18N2O4S. The molecule has 2 N–H and O–H groups in total. The lowest BCUT2D eigenvalue weighted by molar-refractivity contribution is -0.121. The lowest BCUT2D eigenvalue weighted by atomic mass is 10.00. The number of amides is 1. The van der Waals surface area contributed by atoms with E-state index in [0.29, 0.717) is 12.0 Å². The fraction of sp³-hybridized carbons (Fsp3) is 0.462. The molecule has 0 saturated heterocycles. The van der Waals surface area contributed by atoms with Crippen LogP contribution in [0.4, 0.5) is 0 Å². The Bertz CT molecular complexity index is 615. The Hall–Kier alpha value is -1.44. The highest BCUT2D eigenvalue weighted by Crippen LogP contribution is 2.37. The van der Waals surface area contributed by atoms with Crippen molar-refractivity contribution in [1.29, 1.82) is 0 Å². The number of carbonyl (C=O) groups is 1. The minimum Gasteiger partial charge on any atom is -0.387 e. The highest BCUT2D eigenvalue weighted by atomic mass is 32.2. The zero-order valence-corrected chi connectivity index (χ0v) is 12.2. The van der Waals surface area contributed by atoms with Crippen LogP contribution in [0.5, 0.6) is 0 Å². The van der Waals surface area contributed by atoms with Gasteiger partial charge in [-0.05, 0) is 12.5 Å². The van der Waals surface area contributed by atoms with E-state index in [1.165, 1.54) is 13.1 Å². The predicted octanol–water partition coefficient (Wildman–Crippen LogP) is 0.249. The summed E-state index contributed by atoms with van der Waals surface area (Å²) >= 11 is 0. The number of sulfonamides is 1. The minimum absolute atomic E-state index is 0.0705. The van der Waals surface area contributed by atoms with E-state index in [-0.39, 0.29) is 11.4 Å². The van der Waals surface area contributed by atoms with Gasteiger partial charge >= 0.3 is 0 Å². The molecule has 1 amide bonds. The van der Waals surface area contributed by atoms with Crippen molar-refractivity contribution in [3.05, 3.63) is 29.8 Å². The molecule has 0 saturated carbocycles. The normalized spacial score (nSPS) is 24.9. The van der Waals surface area contributed by atoms with Gasteiger partial charge in [0.15, 0.2) is 0 Å². The maximum absolute atomic E-state index is 12.6. The Kier molecular flexibility index (Phi) is 4.12. The number of fused-ring (bicyclic) bond motifs is 1. The molecule has 20 heavy (non-hydrogen) atoms. The van der Waals surface area contributed by atoms with Gasteiger partial charge in [0, 0.05) is 12.6 Å². The van der Waals surface area contributed by atoms with Crippen molar-refractivity contribution < 1.29 is 18.3 Å². The Balaban J connectivity index is 2.55. The van der Waals surface area contributed by atoms with E-state index in [2.05, 4.69) is 5.32 Å². The zero-order chi connectivity index (χ0) is 14.9. The topological polar surface area (TPSA) is 86.7 Å². The quantitative estimate of drug-likeness (QED) is 0.837. The molecule has 1 aliphatic heterocycles. The molecule has 1 heterocycles. The van der Waals surface area contributed by atoms with Crippen molar-refractivity contribution in [3.63, 3.8) is 0 Å². The Labute approximate surface area is 118 Å². The third-order valence-corrected chi connectivity index (χ3v) is 5.50. The van der Waals surface area contributed by atoms with Gasteiger partial charge in [-0.3, -0.25) is 4.79 Å². The molecule has 6 nitrogen and oxygen atoms in total. The molecule has 0 aliphatic carbocycles. The molecule has 0 fully saturated rings. The molecule has 1 aromatic rings. The Morgan fingerprint density at radius 3 is 2.65 bits per heavy atom. The molecule has 2 rings (SSSR count). The third-order valence-electron chi connectivity index (χ3n) is 3.56. The van der Waals surface area contributed by atoms with E-state index in [4.69, 9.17) is 0 Å². The smallest absolute Gasteiger partial charge is 0.244 e. The summed E-state index contributed by atoms with van der Waals surface area (Å²) < 4.78 is 26.3. The number of carbonyl (C=O) groups excluding carboxylic acids is 1. The van der Waals surface area contributed by atoms with Crippen LogP contribution in [0, 0.1) is 0 Å². The first kappa shape index (κ1) is 15.0. The summed E-state index contributed by atoms with van der Waals surface area (Å²) in [6.07, 6.45) is -0.504. The van der Waals surface area contributed by atoms with Gasteiger partial charge < -0.3 is 10.4 Å². The van der Waals surface area contributed by atoms with Gasteiger partial charge in [-0.1, -0.05) is 25.1 Å². The molecular weight excluding hydrogens is 280 g/mol. The van der Waals surface area contributed by atoms with Crippen molar-refractivity contribution in [2.24, 2.45) is 0 Å². The van der Waals surface area contributed by atoms with Crippen molar-refractivity contribution in [3.8, 4) is 0 Å². The third kappa shape index (κ3) is 2.32. The molecule has 110 valence electrons. The lowest BCUT2D eigenvalue weighted by Gasteiger charge is -2.38. The molecule has 7 heteroatoms. The number of benzene rings is 1. The number of aliphatic hydroxyl groups is 1. The van der Waals surface area contributed by atoms with Crippen LogP contribution in [0.25, 0.3) is 0 Å². The SMILES string of the molecule is CC[C@@H]1[C@H](O)c2ccccc2S(=O)(=O)N1CC(=O)NC. The molecule has 1 aliphatic rings. The van der Waals surface area contributed by atoms with E-state index in [1.54, 1.807) is 25.1 Å².